The zero-order valence-electron chi connectivity index (χ0n) is 18.1. The fourth-order valence-electron chi connectivity index (χ4n) is 3.99. The third-order valence-electron chi connectivity index (χ3n) is 5.87. The molecule has 168 valence electrons. The van der Waals surface area contributed by atoms with E-state index in [0.29, 0.717) is 32.6 Å². The smallest absolute Gasteiger partial charge is 0.324 e. The van der Waals surface area contributed by atoms with Gasteiger partial charge >= 0.3 is 6.03 Å². The Morgan fingerprint density at radius 1 is 1.09 bits per heavy atom. The van der Waals surface area contributed by atoms with E-state index < -0.39 is 12.1 Å². The molecule has 1 aromatic carbocycles. The van der Waals surface area contributed by atoms with Gasteiger partial charge in [0.05, 0.1) is 13.5 Å². The van der Waals surface area contributed by atoms with E-state index in [2.05, 4.69) is 15.2 Å². The van der Waals surface area contributed by atoms with E-state index in [1.807, 2.05) is 42.5 Å². The number of nitrogens with one attached hydrogen (secondary N) is 1. The Kier molecular flexibility index (Phi) is 6.53. The van der Waals surface area contributed by atoms with Gasteiger partial charge in [-0.15, -0.1) is 0 Å². The first-order valence-electron chi connectivity index (χ1n) is 10.7. The Hall–Kier alpha value is -3.62. The molecular weight excluding hydrogens is 410 g/mol. The summed E-state index contributed by atoms with van der Waals surface area (Å²) in [5.41, 5.74) is 0.997. The van der Waals surface area contributed by atoms with Gasteiger partial charge in [-0.3, -0.25) is 14.5 Å². The van der Waals surface area contributed by atoms with E-state index in [0.717, 1.165) is 17.1 Å². The molecule has 32 heavy (non-hydrogen) atoms. The van der Waals surface area contributed by atoms with Crippen molar-refractivity contribution in [2.45, 2.75) is 18.9 Å². The predicted octanol–water partition coefficient (Wildman–Crippen LogP) is 1.29. The standard InChI is InChI=1S/C23H27N5O4/c1-32-18-7-5-17(6-8-18)9-11-28-22(30)19(25-23(28)31)16-21(29)27-14-12-26(13-15-27)20-4-2-3-10-24-20/h2-8,10,19H,9,11-16H2,1H3,(H,25,31)/t19-/m0/s1. The van der Waals surface area contributed by atoms with Crippen molar-refractivity contribution >= 4 is 23.7 Å². The van der Waals surface area contributed by atoms with Crippen LogP contribution in [0.4, 0.5) is 10.6 Å². The van der Waals surface area contributed by atoms with Crippen molar-refractivity contribution in [2.75, 3.05) is 44.7 Å². The second-order valence-electron chi connectivity index (χ2n) is 7.85. The summed E-state index contributed by atoms with van der Waals surface area (Å²) >= 11 is 0. The third kappa shape index (κ3) is 4.82. The van der Waals surface area contributed by atoms with Gasteiger partial charge in [-0.05, 0) is 36.2 Å². The van der Waals surface area contributed by atoms with E-state index in [1.165, 1.54) is 4.90 Å². The van der Waals surface area contributed by atoms with Crippen molar-refractivity contribution in [2.24, 2.45) is 0 Å². The lowest BCUT2D eigenvalue weighted by Crippen LogP contribution is -2.50. The van der Waals surface area contributed by atoms with Crippen LogP contribution in [0.3, 0.4) is 0 Å². The number of pyridine rings is 1. The van der Waals surface area contributed by atoms with Crippen LogP contribution in [0.25, 0.3) is 0 Å². The molecule has 2 saturated heterocycles. The van der Waals surface area contributed by atoms with Crippen LogP contribution in [0.5, 0.6) is 5.75 Å². The summed E-state index contributed by atoms with van der Waals surface area (Å²) in [7, 11) is 1.60. The molecule has 0 spiro atoms. The Morgan fingerprint density at radius 3 is 2.50 bits per heavy atom. The number of anilines is 1. The normalized spacial score (nSPS) is 18.7. The zero-order valence-corrected chi connectivity index (χ0v) is 18.1. The maximum absolute atomic E-state index is 12.8. The van der Waals surface area contributed by atoms with Crippen molar-refractivity contribution in [3.8, 4) is 5.75 Å². The lowest BCUT2D eigenvalue weighted by Gasteiger charge is -2.35. The van der Waals surface area contributed by atoms with Crippen LogP contribution < -0.4 is 15.0 Å². The summed E-state index contributed by atoms with van der Waals surface area (Å²) in [4.78, 5) is 47.2. The molecule has 0 bridgehead atoms. The van der Waals surface area contributed by atoms with Gasteiger partial charge in [0.15, 0.2) is 0 Å². The van der Waals surface area contributed by atoms with E-state index in [-0.39, 0.29) is 24.8 Å². The number of benzene rings is 1. The SMILES string of the molecule is COc1ccc(CCN2C(=O)N[C@@H](CC(=O)N3CCN(c4ccccn4)CC3)C2=O)cc1. The maximum Gasteiger partial charge on any atom is 0.324 e. The molecule has 9 heteroatoms. The maximum atomic E-state index is 12.8. The van der Waals surface area contributed by atoms with Crippen LogP contribution in [0.2, 0.25) is 0 Å². The highest BCUT2D eigenvalue weighted by Gasteiger charge is 2.39. The van der Waals surface area contributed by atoms with Crippen LogP contribution in [-0.2, 0) is 16.0 Å². The summed E-state index contributed by atoms with van der Waals surface area (Å²) in [6, 6.07) is 12.0. The second kappa shape index (κ2) is 9.67. The molecule has 4 amide bonds. The molecule has 9 nitrogen and oxygen atoms in total. The van der Waals surface area contributed by atoms with E-state index in [4.69, 9.17) is 4.74 Å². The number of urea groups is 1. The highest BCUT2D eigenvalue weighted by atomic mass is 16.5. The minimum Gasteiger partial charge on any atom is -0.497 e. The molecule has 2 aliphatic rings. The first-order chi connectivity index (χ1) is 15.5. The van der Waals surface area contributed by atoms with E-state index >= 15 is 0 Å². The number of hydrogen-bond acceptors (Lipinski definition) is 6. The van der Waals surface area contributed by atoms with Crippen molar-refractivity contribution < 1.29 is 19.1 Å². The van der Waals surface area contributed by atoms with Crippen LogP contribution in [0.15, 0.2) is 48.7 Å². The number of carbonyl (C=O) groups excluding carboxylic acids is 3. The number of imide groups is 1. The number of aromatic nitrogens is 1. The van der Waals surface area contributed by atoms with Crippen LogP contribution in [-0.4, -0.2) is 78.5 Å². The van der Waals surface area contributed by atoms with Crippen molar-refractivity contribution in [1.82, 2.24) is 20.1 Å². The Morgan fingerprint density at radius 2 is 1.84 bits per heavy atom. The van der Waals surface area contributed by atoms with Gasteiger partial charge in [-0.1, -0.05) is 18.2 Å². The van der Waals surface area contributed by atoms with Gasteiger partial charge in [-0.2, -0.15) is 0 Å². The summed E-state index contributed by atoms with van der Waals surface area (Å²) in [5, 5.41) is 2.66. The highest BCUT2D eigenvalue weighted by Crippen LogP contribution is 2.17. The number of methoxy groups -OCH3 is 1. The number of carbonyl (C=O) groups is 3. The van der Waals surface area contributed by atoms with Gasteiger partial charge in [0.1, 0.15) is 17.6 Å². The quantitative estimate of drug-likeness (QED) is 0.656. The summed E-state index contributed by atoms with van der Waals surface area (Å²) in [6.45, 7) is 2.75. The van der Waals surface area contributed by atoms with Crippen LogP contribution in [0, 0.1) is 0 Å². The molecule has 1 atom stereocenters. The fourth-order valence-corrected chi connectivity index (χ4v) is 3.99. The largest absolute Gasteiger partial charge is 0.497 e. The number of nitrogens with zero attached hydrogens (tertiary/aromatic N) is 4. The predicted molar refractivity (Wildman–Crippen MR) is 118 cm³/mol. The first kappa shape index (κ1) is 21.6. The van der Waals surface area contributed by atoms with Crippen molar-refractivity contribution in [3.63, 3.8) is 0 Å². The highest BCUT2D eigenvalue weighted by molar-refractivity contribution is 6.05. The molecule has 1 N–H and O–H groups in total. The van der Waals surface area contributed by atoms with Gasteiger partial charge < -0.3 is 19.9 Å². The average molecular weight is 438 g/mol. The summed E-state index contributed by atoms with van der Waals surface area (Å²) in [5.74, 6) is 1.18. The van der Waals surface area contributed by atoms with Crippen molar-refractivity contribution in [3.05, 3.63) is 54.2 Å². The summed E-state index contributed by atoms with van der Waals surface area (Å²) in [6.07, 6.45) is 2.27. The Balaban J connectivity index is 1.26. The monoisotopic (exact) mass is 437 g/mol. The first-order valence-corrected chi connectivity index (χ1v) is 10.7. The molecule has 0 radical (unpaired) electrons. The molecule has 2 aromatic rings. The zero-order chi connectivity index (χ0) is 22.5. The van der Waals surface area contributed by atoms with Crippen LogP contribution in [0.1, 0.15) is 12.0 Å². The number of rotatable bonds is 7. The minimum absolute atomic E-state index is 0.0206. The number of hydrogen-bond donors (Lipinski definition) is 1. The molecule has 2 fully saturated rings. The average Bonchev–Trinajstić information content (AvgIpc) is 3.10. The lowest BCUT2D eigenvalue weighted by molar-refractivity contribution is -0.136. The Labute approximate surface area is 187 Å². The lowest BCUT2D eigenvalue weighted by atomic mass is 10.1. The van der Waals surface area contributed by atoms with Gasteiger partial charge in [-0.25, -0.2) is 9.78 Å². The molecule has 2 aliphatic heterocycles. The fraction of sp³-hybridized carbons (Fsp3) is 0.391. The van der Waals surface area contributed by atoms with Gasteiger partial charge in [0, 0.05) is 38.9 Å². The second-order valence-corrected chi connectivity index (χ2v) is 7.85. The number of amides is 4. The molecule has 0 unspecified atom stereocenters. The minimum atomic E-state index is -0.806. The topological polar surface area (TPSA) is 95.1 Å². The molecule has 4 rings (SSSR count). The van der Waals surface area contributed by atoms with Crippen molar-refractivity contribution in [1.29, 1.82) is 0 Å². The molecule has 3 heterocycles. The van der Waals surface area contributed by atoms with Crippen LogP contribution >= 0.6 is 0 Å². The van der Waals surface area contributed by atoms with Gasteiger partial charge in [0.2, 0.25) is 5.91 Å². The summed E-state index contributed by atoms with van der Waals surface area (Å²) < 4.78 is 5.14. The molecular formula is C23H27N5O4. The number of ether oxygens (including phenoxy) is 1. The Bertz CT molecular complexity index is 958. The van der Waals surface area contributed by atoms with E-state index in [9.17, 15) is 14.4 Å². The van der Waals surface area contributed by atoms with Gasteiger partial charge in [0.25, 0.3) is 5.91 Å². The molecule has 1 aromatic heterocycles. The molecule has 0 aliphatic carbocycles. The number of piperazine rings is 1. The van der Waals surface area contributed by atoms with E-state index in [1.54, 1.807) is 18.2 Å². The third-order valence-corrected chi connectivity index (χ3v) is 5.87. The molecule has 0 saturated carbocycles.